The number of piperidine rings is 1. The Morgan fingerprint density at radius 2 is 2.13 bits per heavy atom. The van der Waals surface area contributed by atoms with Gasteiger partial charge in [-0.05, 0) is 44.7 Å². The number of amides is 1. The summed E-state index contributed by atoms with van der Waals surface area (Å²) in [6.07, 6.45) is 9.86. The van der Waals surface area contributed by atoms with E-state index in [1.165, 1.54) is 0 Å². The van der Waals surface area contributed by atoms with Gasteiger partial charge in [0.15, 0.2) is 0 Å². The molecule has 0 radical (unpaired) electrons. The molecule has 0 N–H and O–H groups in total. The molecule has 1 saturated heterocycles. The normalized spacial score (nSPS) is 21.4. The van der Waals surface area contributed by atoms with E-state index in [1.54, 1.807) is 6.20 Å². The Kier molecular flexibility index (Phi) is 3.63. The highest BCUT2D eigenvalue weighted by atomic mass is 16.2. The van der Waals surface area contributed by atoms with Gasteiger partial charge in [-0.25, -0.2) is 4.98 Å². The van der Waals surface area contributed by atoms with E-state index in [4.69, 9.17) is 0 Å². The van der Waals surface area contributed by atoms with E-state index < -0.39 is 0 Å². The summed E-state index contributed by atoms with van der Waals surface area (Å²) in [5, 5.41) is 0. The van der Waals surface area contributed by atoms with Crippen molar-refractivity contribution in [2.45, 2.75) is 38.6 Å². The van der Waals surface area contributed by atoms with Crippen molar-refractivity contribution in [3.63, 3.8) is 0 Å². The van der Waals surface area contributed by atoms with Crippen LogP contribution < -0.4 is 0 Å². The van der Waals surface area contributed by atoms with Gasteiger partial charge in [0.25, 0.3) is 0 Å². The number of hydrogen-bond donors (Lipinski definition) is 0. The fourth-order valence-electron chi connectivity index (χ4n) is 3.57. The standard InChI is InChI=1S/C18H22N4O/c1-13-10-20-17(15-4-2-8-19-11-15)22(13)16-5-3-9-21(12-16)18(23)14-6-7-14/h2,4,8,10-11,14,16H,3,5-7,9,12H2,1H3. The number of hydrogen-bond acceptors (Lipinski definition) is 3. The SMILES string of the molecule is Cc1cnc(-c2cccnc2)n1C1CCCN(C(=O)C2CC2)C1. The topological polar surface area (TPSA) is 51.0 Å². The fraction of sp³-hybridized carbons (Fsp3) is 0.500. The first-order valence-electron chi connectivity index (χ1n) is 8.47. The van der Waals surface area contributed by atoms with Crippen LogP contribution in [0.25, 0.3) is 11.4 Å². The van der Waals surface area contributed by atoms with Crippen LogP contribution in [-0.2, 0) is 4.79 Å². The van der Waals surface area contributed by atoms with Crippen LogP contribution in [-0.4, -0.2) is 38.4 Å². The van der Waals surface area contributed by atoms with Crippen molar-refractivity contribution in [1.29, 1.82) is 0 Å². The van der Waals surface area contributed by atoms with Gasteiger partial charge < -0.3 is 9.47 Å². The largest absolute Gasteiger partial charge is 0.340 e. The van der Waals surface area contributed by atoms with Crippen LogP contribution in [0.2, 0.25) is 0 Å². The minimum Gasteiger partial charge on any atom is -0.340 e. The maximum atomic E-state index is 12.4. The molecule has 4 rings (SSSR count). The molecule has 23 heavy (non-hydrogen) atoms. The van der Waals surface area contributed by atoms with Gasteiger partial charge in [-0.15, -0.1) is 0 Å². The Morgan fingerprint density at radius 3 is 2.87 bits per heavy atom. The van der Waals surface area contributed by atoms with Crippen LogP contribution in [0.4, 0.5) is 0 Å². The summed E-state index contributed by atoms with van der Waals surface area (Å²) in [6, 6.07) is 4.29. The lowest BCUT2D eigenvalue weighted by Crippen LogP contribution is -2.41. The predicted molar refractivity (Wildman–Crippen MR) is 87.8 cm³/mol. The van der Waals surface area contributed by atoms with Crippen LogP contribution in [0.1, 0.15) is 37.4 Å². The molecule has 1 unspecified atom stereocenters. The summed E-state index contributed by atoms with van der Waals surface area (Å²) in [5.74, 6) is 1.62. The first-order valence-corrected chi connectivity index (χ1v) is 8.47. The van der Waals surface area contributed by atoms with Crippen molar-refractivity contribution in [3.8, 4) is 11.4 Å². The molecule has 0 spiro atoms. The van der Waals surface area contributed by atoms with Crippen LogP contribution in [0, 0.1) is 12.8 Å². The maximum Gasteiger partial charge on any atom is 0.225 e. The van der Waals surface area contributed by atoms with E-state index in [9.17, 15) is 4.79 Å². The highest BCUT2D eigenvalue weighted by Gasteiger charge is 2.36. The maximum absolute atomic E-state index is 12.4. The van der Waals surface area contributed by atoms with Gasteiger partial charge in [-0.3, -0.25) is 9.78 Å². The number of likely N-dealkylation sites (tertiary alicyclic amines) is 1. The molecule has 2 aliphatic rings. The van der Waals surface area contributed by atoms with Crippen LogP contribution in [0.5, 0.6) is 0 Å². The molecule has 1 aliphatic heterocycles. The molecule has 2 aromatic rings. The summed E-state index contributed by atoms with van der Waals surface area (Å²) in [7, 11) is 0. The Labute approximate surface area is 136 Å². The zero-order valence-electron chi connectivity index (χ0n) is 13.5. The van der Waals surface area contributed by atoms with Gasteiger partial charge in [0, 0.05) is 48.9 Å². The molecule has 2 aromatic heterocycles. The Bertz CT molecular complexity index is 705. The number of aryl methyl sites for hydroxylation is 1. The van der Waals surface area contributed by atoms with Crippen molar-refractivity contribution in [3.05, 3.63) is 36.4 Å². The van der Waals surface area contributed by atoms with Crippen molar-refractivity contribution in [2.75, 3.05) is 13.1 Å². The molecule has 3 heterocycles. The Balaban J connectivity index is 1.62. The molecular weight excluding hydrogens is 288 g/mol. The molecule has 0 bridgehead atoms. The number of nitrogens with zero attached hydrogens (tertiary/aromatic N) is 4. The quantitative estimate of drug-likeness (QED) is 0.876. The first kappa shape index (κ1) is 14.4. The molecule has 1 atom stereocenters. The van der Waals surface area contributed by atoms with Gasteiger partial charge in [-0.2, -0.15) is 0 Å². The van der Waals surface area contributed by atoms with E-state index in [0.29, 0.717) is 17.9 Å². The van der Waals surface area contributed by atoms with Crippen molar-refractivity contribution in [2.24, 2.45) is 5.92 Å². The third kappa shape index (κ3) is 2.76. The fourth-order valence-corrected chi connectivity index (χ4v) is 3.57. The lowest BCUT2D eigenvalue weighted by Gasteiger charge is -2.35. The summed E-state index contributed by atoms with van der Waals surface area (Å²) < 4.78 is 2.29. The third-order valence-corrected chi connectivity index (χ3v) is 4.90. The van der Waals surface area contributed by atoms with Crippen molar-refractivity contribution in [1.82, 2.24) is 19.4 Å². The highest BCUT2D eigenvalue weighted by molar-refractivity contribution is 5.81. The zero-order chi connectivity index (χ0) is 15.8. The smallest absolute Gasteiger partial charge is 0.225 e. The van der Waals surface area contributed by atoms with Gasteiger partial charge >= 0.3 is 0 Å². The zero-order valence-corrected chi connectivity index (χ0v) is 13.5. The van der Waals surface area contributed by atoms with E-state index in [0.717, 1.165) is 55.9 Å². The molecule has 120 valence electrons. The van der Waals surface area contributed by atoms with Gasteiger partial charge in [0.1, 0.15) is 5.82 Å². The second-order valence-corrected chi connectivity index (χ2v) is 6.69. The lowest BCUT2D eigenvalue weighted by atomic mass is 10.0. The number of carbonyl (C=O) groups is 1. The first-order chi connectivity index (χ1) is 11.2. The second-order valence-electron chi connectivity index (χ2n) is 6.69. The number of carbonyl (C=O) groups excluding carboxylic acids is 1. The number of pyridine rings is 1. The van der Waals surface area contributed by atoms with E-state index in [-0.39, 0.29) is 0 Å². The third-order valence-electron chi connectivity index (χ3n) is 4.90. The van der Waals surface area contributed by atoms with Crippen LogP contribution in [0.3, 0.4) is 0 Å². The molecule has 0 aromatic carbocycles. The minimum atomic E-state index is 0.301. The average molecular weight is 310 g/mol. The molecule has 5 nitrogen and oxygen atoms in total. The Morgan fingerprint density at radius 1 is 1.26 bits per heavy atom. The van der Waals surface area contributed by atoms with Crippen molar-refractivity contribution < 1.29 is 4.79 Å². The molecule has 2 fully saturated rings. The van der Waals surface area contributed by atoms with Crippen molar-refractivity contribution >= 4 is 5.91 Å². The van der Waals surface area contributed by atoms with Crippen LogP contribution in [0.15, 0.2) is 30.7 Å². The molecule has 1 saturated carbocycles. The summed E-state index contributed by atoms with van der Waals surface area (Å²) in [4.78, 5) is 23.3. The summed E-state index contributed by atoms with van der Waals surface area (Å²) in [5.41, 5.74) is 2.18. The lowest BCUT2D eigenvalue weighted by molar-refractivity contribution is -0.134. The number of rotatable bonds is 3. The molecule has 1 aliphatic carbocycles. The average Bonchev–Trinajstić information content (AvgIpc) is 3.37. The molecule has 1 amide bonds. The molecule has 5 heteroatoms. The molecular formula is C18H22N4O. The van der Waals surface area contributed by atoms with E-state index in [2.05, 4.69) is 26.4 Å². The number of aromatic nitrogens is 3. The highest BCUT2D eigenvalue weighted by Crippen LogP contribution is 2.34. The predicted octanol–water partition coefficient (Wildman–Crippen LogP) is 2.83. The monoisotopic (exact) mass is 310 g/mol. The van der Waals surface area contributed by atoms with Gasteiger partial charge in [0.05, 0.1) is 6.04 Å². The second kappa shape index (κ2) is 5.80. The summed E-state index contributed by atoms with van der Waals surface area (Å²) >= 11 is 0. The van der Waals surface area contributed by atoms with E-state index >= 15 is 0 Å². The van der Waals surface area contributed by atoms with Crippen LogP contribution >= 0.6 is 0 Å². The van der Waals surface area contributed by atoms with E-state index in [1.807, 2.05) is 24.5 Å². The number of imidazole rings is 1. The van der Waals surface area contributed by atoms with Gasteiger partial charge in [-0.1, -0.05) is 0 Å². The summed E-state index contributed by atoms with van der Waals surface area (Å²) in [6.45, 7) is 3.80. The van der Waals surface area contributed by atoms with Gasteiger partial charge in [0.2, 0.25) is 5.91 Å². The minimum absolute atomic E-state index is 0.301. The Hall–Kier alpha value is -2.17.